The third-order valence-electron chi connectivity index (χ3n) is 3.77. The van der Waals surface area contributed by atoms with Crippen LogP contribution >= 0.6 is 0 Å². The Morgan fingerprint density at radius 2 is 1.86 bits per heavy atom. The van der Waals surface area contributed by atoms with Gasteiger partial charge >= 0.3 is 0 Å². The van der Waals surface area contributed by atoms with E-state index in [4.69, 9.17) is 5.11 Å². The number of carbonyl (C=O) groups is 1. The fourth-order valence-electron chi connectivity index (χ4n) is 2.68. The maximum Gasteiger partial charge on any atom is 0.234 e. The summed E-state index contributed by atoms with van der Waals surface area (Å²) in [7, 11) is 0. The molecular formula is C17H28N2O2. The highest BCUT2D eigenvalue weighted by atomic mass is 16.3. The summed E-state index contributed by atoms with van der Waals surface area (Å²) in [6.07, 6.45) is 0.857. The molecule has 1 rings (SSSR count). The maximum atomic E-state index is 11.9. The van der Waals surface area contributed by atoms with Crippen LogP contribution in [0.3, 0.4) is 0 Å². The summed E-state index contributed by atoms with van der Waals surface area (Å²) in [6.45, 7) is 10.7. The van der Waals surface area contributed by atoms with Crippen LogP contribution < -0.4 is 5.32 Å². The lowest BCUT2D eigenvalue weighted by Gasteiger charge is -2.18. The van der Waals surface area contributed by atoms with Gasteiger partial charge in [0, 0.05) is 13.1 Å². The summed E-state index contributed by atoms with van der Waals surface area (Å²) in [5, 5.41) is 11.9. The summed E-state index contributed by atoms with van der Waals surface area (Å²) >= 11 is 0. The van der Waals surface area contributed by atoms with Gasteiger partial charge in [-0.25, -0.2) is 0 Å². The zero-order valence-corrected chi connectivity index (χ0v) is 13.7. The number of rotatable bonds is 8. The topological polar surface area (TPSA) is 52.6 Å². The normalized spacial score (nSPS) is 11.0. The Morgan fingerprint density at radius 3 is 2.38 bits per heavy atom. The van der Waals surface area contributed by atoms with Gasteiger partial charge in [0.1, 0.15) is 0 Å². The highest BCUT2D eigenvalue weighted by molar-refractivity contribution is 5.78. The quantitative estimate of drug-likeness (QED) is 0.765. The van der Waals surface area contributed by atoms with Crippen molar-refractivity contribution in [3.8, 4) is 0 Å². The number of likely N-dealkylation sites (N-methyl/N-ethyl adjacent to an activating group) is 1. The van der Waals surface area contributed by atoms with Crippen molar-refractivity contribution in [2.75, 3.05) is 32.8 Å². The first-order valence-electron chi connectivity index (χ1n) is 7.64. The van der Waals surface area contributed by atoms with Crippen LogP contribution in [-0.4, -0.2) is 48.7 Å². The third kappa shape index (κ3) is 5.86. The standard InChI is InChI=1S/C17H28N2O2/c1-5-19(8-9-20)12-17(21)18-7-6-16-14(3)10-13(2)11-15(16)4/h10-11,20H,5-9,12H2,1-4H3,(H,18,21). The average Bonchev–Trinajstić information content (AvgIpc) is 2.41. The molecule has 0 aromatic heterocycles. The number of nitrogens with one attached hydrogen (secondary N) is 1. The van der Waals surface area contributed by atoms with Crippen LogP contribution in [0.15, 0.2) is 12.1 Å². The fourth-order valence-corrected chi connectivity index (χ4v) is 2.68. The molecule has 21 heavy (non-hydrogen) atoms. The Morgan fingerprint density at radius 1 is 1.24 bits per heavy atom. The Balaban J connectivity index is 2.45. The van der Waals surface area contributed by atoms with Crippen molar-refractivity contribution in [2.45, 2.75) is 34.1 Å². The molecule has 0 aliphatic rings. The number of carbonyl (C=O) groups excluding carboxylic acids is 1. The first kappa shape index (κ1) is 17.7. The molecule has 0 radical (unpaired) electrons. The number of aliphatic hydroxyl groups is 1. The number of hydrogen-bond acceptors (Lipinski definition) is 3. The van der Waals surface area contributed by atoms with Crippen molar-refractivity contribution in [2.24, 2.45) is 0 Å². The van der Waals surface area contributed by atoms with Crippen LogP contribution in [0.4, 0.5) is 0 Å². The minimum absolute atomic E-state index is 0.0210. The van der Waals surface area contributed by atoms with E-state index < -0.39 is 0 Å². The van der Waals surface area contributed by atoms with E-state index in [2.05, 4.69) is 38.2 Å². The summed E-state index contributed by atoms with van der Waals surface area (Å²) in [6, 6.07) is 4.37. The number of aryl methyl sites for hydroxylation is 3. The molecule has 0 saturated carbocycles. The number of hydrogen-bond donors (Lipinski definition) is 2. The molecule has 0 fully saturated rings. The first-order chi connectivity index (χ1) is 9.97. The lowest BCUT2D eigenvalue weighted by molar-refractivity contribution is -0.122. The second-order valence-electron chi connectivity index (χ2n) is 5.57. The van der Waals surface area contributed by atoms with E-state index in [1.807, 2.05) is 11.8 Å². The Labute approximate surface area is 128 Å². The lowest BCUT2D eigenvalue weighted by atomic mass is 9.97. The number of benzene rings is 1. The SMILES string of the molecule is CCN(CCO)CC(=O)NCCc1c(C)cc(C)cc1C. The van der Waals surface area contributed by atoms with E-state index in [0.29, 0.717) is 19.6 Å². The van der Waals surface area contributed by atoms with Gasteiger partial charge in [-0.05, 0) is 50.4 Å². The molecule has 0 atom stereocenters. The molecular weight excluding hydrogens is 264 g/mol. The van der Waals surface area contributed by atoms with Crippen molar-refractivity contribution < 1.29 is 9.90 Å². The highest BCUT2D eigenvalue weighted by Gasteiger charge is 2.09. The fraction of sp³-hybridized carbons (Fsp3) is 0.588. The molecule has 1 amide bonds. The van der Waals surface area contributed by atoms with Crippen LogP contribution in [0.5, 0.6) is 0 Å². The molecule has 1 aromatic rings. The highest BCUT2D eigenvalue weighted by Crippen LogP contribution is 2.16. The molecule has 0 heterocycles. The van der Waals surface area contributed by atoms with Crippen molar-refractivity contribution in [1.82, 2.24) is 10.2 Å². The van der Waals surface area contributed by atoms with Crippen molar-refractivity contribution >= 4 is 5.91 Å². The van der Waals surface area contributed by atoms with Crippen LogP contribution in [0.2, 0.25) is 0 Å². The van der Waals surface area contributed by atoms with E-state index >= 15 is 0 Å². The minimum atomic E-state index is 0.0210. The third-order valence-corrected chi connectivity index (χ3v) is 3.77. The second-order valence-corrected chi connectivity index (χ2v) is 5.57. The summed E-state index contributed by atoms with van der Waals surface area (Å²) < 4.78 is 0. The molecule has 0 aliphatic carbocycles. The van der Waals surface area contributed by atoms with Crippen molar-refractivity contribution in [3.05, 3.63) is 34.4 Å². The molecule has 0 spiro atoms. The molecule has 0 bridgehead atoms. The summed E-state index contributed by atoms with van der Waals surface area (Å²) in [5.41, 5.74) is 5.18. The van der Waals surface area contributed by atoms with Gasteiger partial charge in [-0.1, -0.05) is 24.6 Å². The van der Waals surface area contributed by atoms with Crippen LogP contribution in [0.1, 0.15) is 29.2 Å². The summed E-state index contributed by atoms with van der Waals surface area (Å²) in [4.78, 5) is 13.8. The van der Waals surface area contributed by atoms with Gasteiger partial charge in [0.05, 0.1) is 13.2 Å². The van der Waals surface area contributed by atoms with E-state index in [0.717, 1.165) is 13.0 Å². The number of amides is 1. The predicted octanol–water partition coefficient (Wildman–Crippen LogP) is 1.58. The molecule has 0 saturated heterocycles. The molecule has 0 unspecified atom stereocenters. The van der Waals surface area contributed by atoms with Crippen molar-refractivity contribution in [3.63, 3.8) is 0 Å². The second kappa shape index (κ2) is 8.80. The van der Waals surface area contributed by atoms with Gasteiger partial charge < -0.3 is 10.4 Å². The van der Waals surface area contributed by atoms with Gasteiger partial charge in [-0.3, -0.25) is 9.69 Å². The van der Waals surface area contributed by atoms with E-state index in [1.54, 1.807) is 0 Å². The Bertz CT molecular complexity index is 449. The zero-order chi connectivity index (χ0) is 15.8. The zero-order valence-electron chi connectivity index (χ0n) is 13.7. The minimum Gasteiger partial charge on any atom is -0.395 e. The van der Waals surface area contributed by atoms with E-state index in [1.165, 1.54) is 22.3 Å². The smallest absolute Gasteiger partial charge is 0.234 e. The molecule has 2 N–H and O–H groups in total. The number of aliphatic hydroxyl groups excluding tert-OH is 1. The van der Waals surface area contributed by atoms with Gasteiger partial charge in [-0.2, -0.15) is 0 Å². The summed E-state index contributed by atoms with van der Waals surface area (Å²) in [5.74, 6) is 0.0210. The molecule has 1 aromatic carbocycles. The average molecular weight is 292 g/mol. The largest absolute Gasteiger partial charge is 0.395 e. The first-order valence-corrected chi connectivity index (χ1v) is 7.64. The molecule has 4 heteroatoms. The maximum absolute atomic E-state index is 11.9. The van der Waals surface area contributed by atoms with Crippen LogP contribution in [0, 0.1) is 20.8 Å². The van der Waals surface area contributed by atoms with E-state index in [9.17, 15) is 4.79 Å². The number of nitrogens with zero attached hydrogens (tertiary/aromatic N) is 1. The van der Waals surface area contributed by atoms with E-state index in [-0.39, 0.29) is 12.5 Å². The predicted molar refractivity (Wildman–Crippen MR) is 86.6 cm³/mol. The molecule has 4 nitrogen and oxygen atoms in total. The molecule has 0 aliphatic heterocycles. The molecule has 118 valence electrons. The van der Waals surface area contributed by atoms with Gasteiger partial charge in [-0.15, -0.1) is 0 Å². The van der Waals surface area contributed by atoms with Crippen LogP contribution in [-0.2, 0) is 11.2 Å². The van der Waals surface area contributed by atoms with Gasteiger partial charge in [0.2, 0.25) is 5.91 Å². The van der Waals surface area contributed by atoms with Gasteiger partial charge in [0.25, 0.3) is 0 Å². The Kier molecular flexibility index (Phi) is 7.40. The Hall–Kier alpha value is -1.39. The van der Waals surface area contributed by atoms with Crippen molar-refractivity contribution in [1.29, 1.82) is 0 Å². The van der Waals surface area contributed by atoms with Crippen LogP contribution in [0.25, 0.3) is 0 Å². The lowest BCUT2D eigenvalue weighted by Crippen LogP contribution is -2.39. The van der Waals surface area contributed by atoms with Gasteiger partial charge in [0.15, 0.2) is 0 Å². The monoisotopic (exact) mass is 292 g/mol.